The van der Waals surface area contributed by atoms with Gasteiger partial charge in [0, 0.05) is 52.1 Å². The van der Waals surface area contributed by atoms with E-state index in [-0.39, 0.29) is 82.5 Å². The van der Waals surface area contributed by atoms with E-state index in [1.165, 1.54) is 19.6 Å². The van der Waals surface area contributed by atoms with E-state index >= 15 is 0 Å². The Hall–Kier alpha value is -3.14. The van der Waals surface area contributed by atoms with Gasteiger partial charge >= 0.3 is 0 Å². The molecule has 0 unspecified atom stereocenters. The Labute approximate surface area is 275 Å². The minimum Gasteiger partial charge on any atom is -0.395 e. The summed E-state index contributed by atoms with van der Waals surface area (Å²) in [6, 6.07) is 18.8. The number of hydrogen-bond donors (Lipinski definition) is 2. The number of thiocarbonyl (C=S) groups is 2. The van der Waals surface area contributed by atoms with Crippen LogP contribution in [0.3, 0.4) is 0 Å². The molecule has 0 saturated carbocycles. The lowest BCUT2D eigenvalue weighted by atomic mass is 10.2. The fraction of sp³-hybridized carbons (Fsp3) is 0.333. The summed E-state index contributed by atoms with van der Waals surface area (Å²) in [4.78, 5) is 58.6. The zero-order valence-corrected chi connectivity index (χ0v) is 27.1. The van der Waals surface area contributed by atoms with Gasteiger partial charge in [0.2, 0.25) is 11.8 Å². The van der Waals surface area contributed by atoms with Crippen molar-refractivity contribution in [3.63, 3.8) is 0 Å². The predicted octanol–water partition coefficient (Wildman–Crippen LogP) is 2.74. The van der Waals surface area contributed by atoms with Crippen molar-refractivity contribution in [3.05, 3.63) is 81.6 Å². The van der Waals surface area contributed by atoms with Gasteiger partial charge in [-0.25, -0.2) is 0 Å². The molecule has 14 heteroatoms. The average Bonchev–Trinajstić information content (AvgIpc) is 3.47. The maximum Gasteiger partial charge on any atom is 0.267 e. The molecular weight excluding hydrogens is 641 g/mol. The summed E-state index contributed by atoms with van der Waals surface area (Å²) in [5.41, 5.74) is 1.84. The number of hydrogen-bond acceptors (Lipinski definition) is 10. The third-order valence-electron chi connectivity index (χ3n) is 6.88. The van der Waals surface area contributed by atoms with Crippen molar-refractivity contribution in [2.75, 3.05) is 39.4 Å². The molecule has 0 aliphatic carbocycles. The summed E-state index contributed by atoms with van der Waals surface area (Å²) in [5, 5.41) is 18.9. The highest BCUT2D eigenvalue weighted by Gasteiger charge is 2.42. The van der Waals surface area contributed by atoms with Gasteiger partial charge in [0.1, 0.15) is 8.64 Å². The summed E-state index contributed by atoms with van der Waals surface area (Å²) in [6.45, 7) is 0.629. The normalized spacial score (nSPS) is 16.7. The maximum atomic E-state index is 13.3. The molecule has 2 saturated heterocycles. The molecule has 2 heterocycles. The number of carbonyl (C=O) groups excluding carboxylic acids is 4. The van der Waals surface area contributed by atoms with Crippen LogP contribution in [0.25, 0.3) is 0 Å². The van der Waals surface area contributed by atoms with Crippen molar-refractivity contribution < 1.29 is 29.4 Å². The average molecular weight is 673 g/mol. The third kappa shape index (κ3) is 8.52. The lowest BCUT2D eigenvalue weighted by Gasteiger charge is -2.23. The van der Waals surface area contributed by atoms with E-state index in [1.807, 2.05) is 60.7 Å². The largest absolute Gasteiger partial charge is 0.395 e. The van der Waals surface area contributed by atoms with Gasteiger partial charge < -0.3 is 20.0 Å². The van der Waals surface area contributed by atoms with Crippen LogP contribution in [0, 0.1) is 0 Å². The number of rotatable bonds is 14. The monoisotopic (exact) mass is 672 g/mol. The van der Waals surface area contributed by atoms with Crippen molar-refractivity contribution in [1.29, 1.82) is 0 Å². The molecule has 4 amide bonds. The van der Waals surface area contributed by atoms with Crippen LogP contribution in [0.1, 0.15) is 24.0 Å². The molecule has 0 spiro atoms. The zero-order valence-electron chi connectivity index (χ0n) is 23.8. The number of aliphatic hydroxyl groups is 2. The van der Waals surface area contributed by atoms with Crippen molar-refractivity contribution in [2.24, 2.45) is 0 Å². The molecule has 2 aliphatic heterocycles. The number of nitrogens with zero attached hydrogens (tertiary/aromatic N) is 4. The first-order valence-corrected chi connectivity index (χ1v) is 16.3. The van der Waals surface area contributed by atoms with Crippen molar-refractivity contribution in [2.45, 2.75) is 25.9 Å². The van der Waals surface area contributed by atoms with Crippen LogP contribution in [-0.4, -0.2) is 101 Å². The van der Waals surface area contributed by atoms with Crippen LogP contribution in [0.2, 0.25) is 0 Å². The molecule has 44 heavy (non-hydrogen) atoms. The maximum absolute atomic E-state index is 13.3. The molecule has 4 rings (SSSR count). The lowest BCUT2D eigenvalue weighted by Crippen LogP contribution is -2.37. The van der Waals surface area contributed by atoms with Gasteiger partial charge in [-0.1, -0.05) is 109 Å². The van der Waals surface area contributed by atoms with Crippen molar-refractivity contribution in [1.82, 2.24) is 19.6 Å². The number of amides is 4. The Morgan fingerprint density at radius 3 is 1.36 bits per heavy atom. The van der Waals surface area contributed by atoms with Gasteiger partial charge in [-0.15, -0.1) is 0 Å². The third-order valence-corrected chi connectivity index (χ3v) is 9.91. The van der Waals surface area contributed by atoms with Crippen LogP contribution in [0.5, 0.6) is 0 Å². The zero-order chi connectivity index (χ0) is 31.6. The lowest BCUT2D eigenvalue weighted by molar-refractivity contribution is -0.134. The Balaban J connectivity index is 1.36. The summed E-state index contributed by atoms with van der Waals surface area (Å²) in [7, 11) is 0. The van der Waals surface area contributed by atoms with E-state index in [0.717, 1.165) is 34.7 Å². The second-order valence-corrected chi connectivity index (χ2v) is 13.1. The van der Waals surface area contributed by atoms with Crippen LogP contribution in [0.15, 0.2) is 70.5 Å². The van der Waals surface area contributed by atoms with Crippen LogP contribution in [0.4, 0.5) is 0 Å². The molecule has 2 aliphatic rings. The number of benzene rings is 2. The molecule has 0 radical (unpaired) electrons. The molecular formula is C30H32N4O6S4. The second kappa shape index (κ2) is 16.3. The van der Waals surface area contributed by atoms with Gasteiger partial charge in [0.25, 0.3) is 11.8 Å². The number of carbonyl (C=O) groups is 4. The van der Waals surface area contributed by atoms with E-state index < -0.39 is 11.8 Å². The topological polar surface area (TPSA) is 122 Å². The first-order chi connectivity index (χ1) is 21.2. The Morgan fingerprint density at radius 1 is 0.659 bits per heavy atom. The van der Waals surface area contributed by atoms with Gasteiger partial charge in [0.05, 0.1) is 23.0 Å². The van der Waals surface area contributed by atoms with Crippen LogP contribution in [-0.2, 0) is 32.3 Å². The first-order valence-electron chi connectivity index (χ1n) is 13.9. The minimum atomic E-state index is -0.474. The van der Waals surface area contributed by atoms with E-state index in [4.69, 9.17) is 24.4 Å². The molecule has 0 atom stereocenters. The fourth-order valence-corrected chi connectivity index (χ4v) is 7.39. The van der Waals surface area contributed by atoms with E-state index in [0.29, 0.717) is 13.1 Å². The first kappa shape index (κ1) is 33.7. The predicted molar refractivity (Wildman–Crippen MR) is 178 cm³/mol. The fourth-order valence-electron chi connectivity index (χ4n) is 4.62. The Morgan fingerprint density at radius 2 is 1.02 bits per heavy atom. The highest BCUT2D eigenvalue weighted by atomic mass is 32.2. The summed E-state index contributed by atoms with van der Waals surface area (Å²) < 4.78 is 0.464. The minimum absolute atomic E-state index is 0.0110. The van der Waals surface area contributed by atoms with Crippen molar-refractivity contribution >= 4 is 80.2 Å². The molecule has 0 bridgehead atoms. The van der Waals surface area contributed by atoms with Crippen LogP contribution >= 0.6 is 48.0 Å². The quantitative estimate of drug-likeness (QED) is 0.229. The van der Waals surface area contributed by atoms with E-state index in [1.54, 1.807) is 0 Å². The molecule has 0 aromatic heterocycles. The molecule has 2 aromatic rings. The van der Waals surface area contributed by atoms with Crippen molar-refractivity contribution in [3.8, 4) is 0 Å². The van der Waals surface area contributed by atoms with E-state index in [9.17, 15) is 29.4 Å². The molecule has 10 nitrogen and oxygen atoms in total. The standard InChI is InChI=1S/C30H32N4O6S4/c35-17-15-31(19-21-7-3-1-4-8-21)23(37)11-13-33-27(39)25(43-29(33)41)26-28(40)34(30(42)44-26)14-12-24(38)32(16-18-36)20-22-9-5-2-6-10-22/h1-10,35-36H,11-20H2. The molecule has 2 aromatic carbocycles. The van der Waals surface area contributed by atoms with Gasteiger partial charge in [0.15, 0.2) is 0 Å². The highest BCUT2D eigenvalue weighted by Crippen LogP contribution is 2.42. The molecule has 2 N–H and O–H groups in total. The number of aliphatic hydroxyl groups excluding tert-OH is 2. The molecule has 232 valence electrons. The number of thioether (sulfide) groups is 2. The summed E-state index contributed by atoms with van der Waals surface area (Å²) in [5.74, 6) is -1.43. The highest BCUT2D eigenvalue weighted by molar-refractivity contribution is 8.29. The van der Waals surface area contributed by atoms with E-state index in [2.05, 4.69) is 0 Å². The SMILES string of the molecule is O=C(CCN1C(=O)C(=C2SC(=S)N(CCC(=O)N(CCO)Cc3ccccc3)C2=O)SC1=S)N(CCO)Cc1ccccc1. The van der Waals surface area contributed by atoms with Gasteiger partial charge in [-0.05, 0) is 11.1 Å². The summed E-state index contributed by atoms with van der Waals surface area (Å²) >= 11 is 12.8. The summed E-state index contributed by atoms with van der Waals surface area (Å²) in [6.07, 6.45) is -0.0219. The Kier molecular flexibility index (Phi) is 12.5. The van der Waals surface area contributed by atoms with Crippen LogP contribution < -0.4 is 0 Å². The van der Waals surface area contributed by atoms with Gasteiger partial charge in [-0.2, -0.15) is 0 Å². The van der Waals surface area contributed by atoms with Gasteiger partial charge in [-0.3, -0.25) is 29.0 Å². The Bertz CT molecular complexity index is 1330. The second-order valence-electron chi connectivity index (χ2n) is 9.86. The molecule has 2 fully saturated rings. The smallest absolute Gasteiger partial charge is 0.267 e.